The van der Waals surface area contributed by atoms with E-state index < -0.39 is 0 Å². The number of nitrogens with two attached hydrogens (primary N) is 1. The Bertz CT molecular complexity index is 425. The van der Waals surface area contributed by atoms with Crippen molar-refractivity contribution < 1.29 is 5.01 Å². The zero-order valence-electron chi connectivity index (χ0n) is 11.8. The molecular weight excluding hydrogens is 236 g/mol. The van der Waals surface area contributed by atoms with E-state index in [9.17, 15) is 0 Å². The van der Waals surface area contributed by atoms with Gasteiger partial charge in [-0.25, -0.2) is 0 Å². The molecule has 4 heteroatoms. The van der Waals surface area contributed by atoms with E-state index in [-0.39, 0.29) is 0 Å². The molecule has 3 rings (SSSR count). The van der Waals surface area contributed by atoms with Crippen LogP contribution in [0.15, 0.2) is 28.7 Å². The molecule has 0 aromatic rings. The van der Waals surface area contributed by atoms with Gasteiger partial charge in [-0.15, -0.1) is 0 Å². The number of aliphatic imine (C=N–C) groups is 1. The van der Waals surface area contributed by atoms with E-state index in [1.54, 1.807) is 0 Å². The number of piperidine rings is 1. The predicted molar refractivity (Wildman–Crippen MR) is 77.4 cm³/mol. The molecule has 0 radical (unpaired) electrons. The van der Waals surface area contributed by atoms with Gasteiger partial charge in [0.25, 0.3) is 0 Å². The highest BCUT2D eigenvalue weighted by atomic mass is 15.5. The average molecular weight is 261 g/mol. The first kappa shape index (κ1) is 13.0. The van der Waals surface area contributed by atoms with E-state index in [1.165, 1.54) is 43.5 Å². The number of nitrogens with one attached hydrogen (secondary N) is 2. The number of hydrogen-bond acceptors (Lipinski definition) is 3. The van der Waals surface area contributed by atoms with E-state index in [4.69, 9.17) is 10.8 Å². The van der Waals surface area contributed by atoms with E-state index in [0.29, 0.717) is 12.0 Å². The Kier molecular flexibility index (Phi) is 3.82. The predicted octanol–water partition coefficient (Wildman–Crippen LogP) is 0.887. The van der Waals surface area contributed by atoms with Gasteiger partial charge >= 0.3 is 0 Å². The molecule has 104 valence electrons. The molecular formula is C15H25N4+. The van der Waals surface area contributed by atoms with Crippen LogP contribution in [0.3, 0.4) is 0 Å². The van der Waals surface area contributed by atoms with E-state index >= 15 is 0 Å². The lowest BCUT2D eigenvalue weighted by atomic mass is 10.0. The molecule has 1 aliphatic carbocycles. The van der Waals surface area contributed by atoms with Crippen molar-refractivity contribution in [2.75, 3.05) is 6.54 Å². The summed E-state index contributed by atoms with van der Waals surface area (Å²) in [5.74, 6) is 7.88. The maximum Gasteiger partial charge on any atom is 0.246 e. The van der Waals surface area contributed by atoms with Crippen LogP contribution in [0.5, 0.6) is 0 Å². The highest BCUT2D eigenvalue weighted by molar-refractivity contribution is 5.99. The Labute approximate surface area is 115 Å². The molecule has 0 bridgehead atoms. The molecule has 0 aromatic heterocycles. The molecule has 19 heavy (non-hydrogen) atoms. The molecule has 2 atom stereocenters. The third-order valence-electron chi connectivity index (χ3n) is 4.32. The van der Waals surface area contributed by atoms with Crippen LogP contribution >= 0.6 is 0 Å². The van der Waals surface area contributed by atoms with Gasteiger partial charge in [-0.05, 0) is 38.6 Å². The second-order valence-corrected chi connectivity index (χ2v) is 6.02. The van der Waals surface area contributed by atoms with Crippen molar-refractivity contribution in [2.24, 2.45) is 16.8 Å². The highest BCUT2D eigenvalue weighted by Crippen LogP contribution is 2.32. The van der Waals surface area contributed by atoms with Crippen LogP contribution < -0.4 is 16.2 Å². The number of quaternary nitrogens is 1. The fourth-order valence-electron chi connectivity index (χ4n) is 2.86. The molecule has 4 nitrogen and oxygen atoms in total. The van der Waals surface area contributed by atoms with Crippen LogP contribution in [-0.4, -0.2) is 18.3 Å². The van der Waals surface area contributed by atoms with Gasteiger partial charge in [0, 0.05) is 31.0 Å². The summed E-state index contributed by atoms with van der Waals surface area (Å²) >= 11 is 0. The molecule has 3 aliphatic rings. The van der Waals surface area contributed by atoms with Crippen molar-refractivity contribution >= 4 is 5.71 Å². The van der Waals surface area contributed by atoms with E-state index in [2.05, 4.69) is 24.4 Å². The molecule has 2 aliphatic heterocycles. The molecule has 2 unspecified atom stereocenters. The Balaban J connectivity index is 1.69. The summed E-state index contributed by atoms with van der Waals surface area (Å²) in [5, 5.41) is 4.43. The van der Waals surface area contributed by atoms with Gasteiger partial charge < -0.3 is 5.32 Å². The minimum atomic E-state index is 0.611. The number of nitrogens with zero attached hydrogens (tertiary/aromatic N) is 1. The molecule has 4 N–H and O–H groups in total. The third-order valence-corrected chi connectivity index (χ3v) is 4.32. The van der Waals surface area contributed by atoms with Gasteiger partial charge in [-0.1, -0.05) is 6.42 Å². The van der Waals surface area contributed by atoms with Gasteiger partial charge in [-0.3, -0.25) is 0 Å². The third kappa shape index (κ3) is 3.14. The molecule has 2 fully saturated rings. The first-order chi connectivity index (χ1) is 9.24. The van der Waals surface area contributed by atoms with Crippen molar-refractivity contribution in [1.82, 2.24) is 5.32 Å². The monoisotopic (exact) mass is 261 g/mol. The van der Waals surface area contributed by atoms with Crippen LogP contribution in [0.25, 0.3) is 0 Å². The largest absolute Gasteiger partial charge is 0.314 e. The summed E-state index contributed by atoms with van der Waals surface area (Å²) in [4.78, 5) is 4.77. The van der Waals surface area contributed by atoms with Gasteiger partial charge in [0.15, 0.2) is 0 Å². The molecule has 0 aromatic carbocycles. The van der Waals surface area contributed by atoms with Crippen molar-refractivity contribution in [3.05, 3.63) is 23.7 Å². The number of allylic oxidation sites excluding steroid dienone is 2. The van der Waals surface area contributed by atoms with Crippen LogP contribution in [0.2, 0.25) is 0 Å². The minimum absolute atomic E-state index is 0.611. The first-order valence-corrected chi connectivity index (χ1v) is 7.57. The minimum Gasteiger partial charge on any atom is -0.314 e. The second-order valence-electron chi connectivity index (χ2n) is 6.02. The Hall–Kier alpha value is -0.970. The summed E-state index contributed by atoms with van der Waals surface area (Å²) in [5.41, 5.74) is 2.43. The second kappa shape index (κ2) is 5.57. The Morgan fingerprint density at radius 3 is 2.95 bits per heavy atom. The zero-order chi connectivity index (χ0) is 13.2. The summed E-state index contributed by atoms with van der Waals surface area (Å²) in [6.45, 7) is 3.25. The lowest BCUT2D eigenvalue weighted by Gasteiger charge is -2.23. The average Bonchev–Trinajstić information content (AvgIpc) is 3.26. The first-order valence-electron chi connectivity index (χ1n) is 7.57. The highest BCUT2D eigenvalue weighted by Gasteiger charge is 2.31. The van der Waals surface area contributed by atoms with Crippen LogP contribution in [0.1, 0.15) is 45.4 Å². The summed E-state index contributed by atoms with van der Waals surface area (Å²) in [7, 11) is 0. The molecule has 1 saturated carbocycles. The van der Waals surface area contributed by atoms with E-state index in [1.807, 2.05) is 0 Å². The molecule has 1 saturated heterocycles. The maximum atomic E-state index is 6.17. The Morgan fingerprint density at radius 1 is 1.42 bits per heavy atom. The summed E-state index contributed by atoms with van der Waals surface area (Å²) < 4.78 is 0. The van der Waals surface area contributed by atoms with Gasteiger partial charge in [0.2, 0.25) is 5.82 Å². The maximum absolute atomic E-state index is 6.17. The van der Waals surface area contributed by atoms with Crippen LogP contribution in [0, 0.1) is 5.92 Å². The van der Waals surface area contributed by atoms with Crippen molar-refractivity contribution in [3.63, 3.8) is 0 Å². The Morgan fingerprint density at radius 2 is 2.26 bits per heavy atom. The molecule has 0 spiro atoms. The van der Waals surface area contributed by atoms with Crippen molar-refractivity contribution in [2.45, 2.75) is 51.5 Å². The lowest BCUT2D eigenvalue weighted by Crippen LogP contribution is -3.14. The summed E-state index contributed by atoms with van der Waals surface area (Å²) in [6, 6.07) is 0.611. The smallest absolute Gasteiger partial charge is 0.246 e. The van der Waals surface area contributed by atoms with Gasteiger partial charge in [0.1, 0.15) is 5.70 Å². The normalized spacial score (nSPS) is 34.1. The van der Waals surface area contributed by atoms with Gasteiger partial charge in [0.05, 0.1) is 5.71 Å². The molecule has 2 heterocycles. The topological polar surface area (TPSA) is 54.9 Å². The number of rotatable bonds is 3. The molecule has 0 amide bonds. The van der Waals surface area contributed by atoms with Crippen molar-refractivity contribution in [3.8, 4) is 0 Å². The van der Waals surface area contributed by atoms with Gasteiger partial charge in [-0.2, -0.15) is 15.8 Å². The van der Waals surface area contributed by atoms with Crippen LogP contribution in [0.4, 0.5) is 0 Å². The standard InChI is InChI=1S/C15H24N4/c1-11-10-14(12-5-6-12)18-15(19(11)16)8-7-13-4-2-3-9-17-13/h8,10,12-13,17H,2-7,9,16H2,1H3/p+1. The zero-order valence-corrected chi connectivity index (χ0v) is 11.8. The number of hydrogen-bond donors (Lipinski definition) is 3. The summed E-state index contributed by atoms with van der Waals surface area (Å²) in [6.07, 6.45) is 12.0. The fraction of sp³-hybridized carbons (Fsp3) is 0.667. The SMILES string of the molecule is CC1=CC(C2CC2)=NC(=CCC2CCCCN2)[NH+]1N. The fourth-order valence-corrected chi connectivity index (χ4v) is 2.86. The van der Waals surface area contributed by atoms with Crippen LogP contribution in [-0.2, 0) is 0 Å². The van der Waals surface area contributed by atoms with Crippen molar-refractivity contribution in [1.29, 1.82) is 0 Å². The quantitative estimate of drug-likeness (QED) is 0.661. The lowest BCUT2D eigenvalue weighted by molar-refractivity contribution is -0.834. The van der Waals surface area contributed by atoms with E-state index in [0.717, 1.165) is 23.8 Å².